The van der Waals surface area contributed by atoms with Crippen LogP contribution in [0.4, 0.5) is 0 Å². The Kier molecular flexibility index (Phi) is 4.88. The number of rotatable bonds is 5. The van der Waals surface area contributed by atoms with Gasteiger partial charge >= 0.3 is 5.97 Å². The van der Waals surface area contributed by atoms with Gasteiger partial charge in [-0.05, 0) is 37.0 Å². The monoisotopic (exact) mass is 312 g/mol. The number of aryl methyl sites for hydroxylation is 1. The third-order valence-corrected chi connectivity index (χ3v) is 5.55. The molecule has 6 heteroatoms. The second-order valence-electron chi connectivity index (χ2n) is 5.42. The topological polar surface area (TPSA) is 69.7 Å². The number of carbonyl (C=O) groups excluding carboxylic acids is 1. The van der Waals surface area contributed by atoms with Crippen LogP contribution in [0.2, 0.25) is 0 Å². The van der Waals surface area contributed by atoms with Crippen molar-refractivity contribution in [1.82, 2.24) is 0 Å². The van der Waals surface area contributed by atoms with Crippen LogP contribution in [0.15, 0.2) is 24.3 Å². The molecule has 2 rings (SSSR count). The van der Waals surface area contributed by atoms with Gasteiger partial charge in [-0.15, -0.1) is 0 Å². The molecule has 1 aliphatic heterocycles. The molecule has 1 saturated heterocycles. The van der Waals surface area contributed by atoms with E-state index >= 15 is 0 Å². The van der Waals surface area contributed by atoms with Crippen molar-refractivity contribution in [1.29, 1.82) is 0 Å². The zero-order valence-electron chi connectivity index (χ0n) is 12.2. The minimum absolute atomic E-state index is 0.0317. The molecule has 5 nitrogen and oxygen atoms in total. The number of hydrogen-bond acceptors (Lipinski definition) is 5. The van der Waals surface area contributed by atoms with Crippen molar-refractivity contribution in [2.24, 2.45) is 11.8 Å². The predicted molar refractivity (Wildman–Crippen MR) is 78.9 cm³/mol. The van der Waals surface area contributed by atoms with Crippen LogP contribution in [0.25, 0.3) is 0 Å². The highest BCUT2D eigenvalue weighted by molar-refractivity contribution is 7.91. The van der Waals surface area contributed by atoms with Gasteiger partial charge in [-0.2, -0.15) is 0 Å². The van der Waals surface area contributed by atoms with Gasteiger partial charge in [-0.3, -0.25) is 4.79 Å². The molecule has 0 aliphatic carbocycles. The van der Waals surface area contributed by atoms with E-state index in [4.69, 9.17) is 9.47 Å². The summed E-state index contributed by atoms with van der Waals surface area (Å²) < 4.78 is 33.6. The molecule has 2 atom stereocenters. The SMILES string of the molecule is COC(=O)C(COc1cccc(C)c1)C1CCS(=O)(=O)C1. The average Bonchev–Trinajstić information content (AvgIpc) is 2.79. The van der Waals surface area contributed by atoms with Crippen LogP contribution in [0.5, 0.6) is 5.75 Å². The average molecular weight is 312 g/mol. The minimum Gasteiger partial charge on any atom is -0.493 e. The van der Waals surface area contributed by atoms with Crippen molar-refractivity contribution >= 4 is 15.8 Å². The molecule has 0 amide bonds. The van der Waals surface area contributed by atoms with E-state index in [9.17, 15) is 13.2 Å². The number of hydrogen-bond donors (Lipinski definition) is 0. The van der Waals surface area contributed by atoms with Gasteiger partial charge < -0.3 is 9.47 Å². The molecule has 0 radical (unpaired) electrons. The van der Waals surface area contributed by atoms with Gasteiger partial charge in [0.1, 0.15) is 12.4 Å². The Hall–Kier alpha value is -1.56. The molecular formula is C15H20O5S. The molecule has 21 heavy (non-hydrogen) atoms. The summed E-state index contributed by atoms with van der Waals surface area (Å²) in [6, 6.07) is 7.51. The Morgan fingerprint density at radius 2 is 2.19 bits per heavy atom. The van der Waals surface area contributed by atoms with Crippen LogP contribution in [-0.2, 0) is 19.4 Å². The maximum Gasteiger partial charge on any atom is 0.312 e. The molecule has 1 aliphatic rings. The molecule has 2 unspecified atom stereocenters. The van der Waals surface area contributed by atoms with Crippen molar-refractivity contribution in [3.8, 4) is 5.75 Å². The Morgan fingerprint density at radius 3 is 2.76 bits per heavy atom. The first-order valence-electron chi connectivity index (χ1n) is 6.89. The molecular weight excluding hydrogens is 292 g/mol. The van der Waals surface area contributed by atoms with Gasteiger partial charge in [0.2, 0.25) is 0 Å². The van der Waals surface area contributed by atoms with Crippen LogP contribution in [0, 0.1) is 18.8 Å². The zero-order valence-corrected chi connectivity index (χ0v) is 13.1. The lowest BCUT2D eigenvalue weighted by atomic mass is 9.92. The summed E-state index contributed by atoms with van der Waals surface area (Å²) in [4.78, 5) is 11.9. The van der Waals surface area contributed by atoms with E-state index in [2.05, 4.69) is 0 Å². The van der Waals surface area contributed by atoms with E-state index in [-0.39, 0.29) is 24.0 Å². The van der Waals surface area contributed by atoms with Gasteiger partial charge in [0, 0.05) is 0 Å². The summed E-state index contributed by atoms with van der Waals surface area (Å²) >= 11 is 0. The third-order valence-electron chi connectivity index (χ3n) is 3.76. The molecule has 1 aromatic rings. The third kappa shape index (κ3) is 4.20. The second kappa shape index (κ2) is 6.47. The normalized spacial score (nSPS) is 21.7. The Bertz CT molecular complexity index is 608. The summed E-state index contributed by atoms with van der Waals surface area (Å²) in [6.45, 7) is 2.09. The lowest BCUT2D eigenvalue weighted by molar-refractivity contribution is -0.148. The first-order valence-corrected chi connectivity index (χ1v) is 8.71. The molecule has 0 bridgehead atoms. The van der Waals surface area contributed by atoms with E-state index in [0.717, 1.165) is 5.56 Å². The fourth-order valence-electron chi connectivity index (χ4n) is 2.58. The Balaban J connectivity index is 2.05. The van der Waals surface area contributed by atoms with Crippen LogP contribution >= 0.6 is 0 Å². The summed E-state index contributed by atoms with van der Waals surface area (Å²) in [6.07, 6.45) is 0.485. The molecule has 1 fully saturated rings. The molecule has 0 saturated carbocycles. The lowest BCUT2D eigenvalue weighted by Crippen LogP contribution is -2.31. The summed E-state index contributed by atoms with van der Waals surface area (Å²) in [5, 5.41) is 0. The molecule has 1 heterocycles. The first-order chi connectivity index (χ1) is 9.91. The van der Waals surface area contributed by atoms with E-state index in [0.29, 0.717) is 12.2 Å². The standard InChI is InChI=1S/C15H20O5S/c1-11-4-3-5-13(8-11)20-9-14(15(16)19-2)12-6-7-21(17,18)10-12/h3-5,8,12,14H,6-7,9-10H2,1-2H3. The number of methoxy groups -OCH3 is 1. The van der Waals surface area contributed by atoms with Gasteiger partial charge in [0.15, 0.2) is 9.84 Å². The van der Waals surface area contributed by atoms with E-state index in [1.807, 2.05) is 31.2 Å². The quantitative estimate of drug-likeness (QED) is 0.772. The first kappa shape index (κ1) is 15.8. The molecule has 0 N–H and O–H groups in total. The second-order valence-corrected chi connectivity index (χ2v) is 7.65. The van der Waals surface area contributed by atoms with Crippen LogP contribution in [0.3, 0.4) is 0 Å². The highest BCUT2D eigenvalue weighted by atomic mass is 32.2. The summed E-state index contributed by atoms with van der Waals surface area (Å²) in [7, 11) is -1.72. The number of sulfone groups is 1. The van der Waals surface area contributed by atoms with Gasteiger partial charge in [-0.25, -0.2) is 8.42 Å². The van der Waals surface area contributed by atoms with E-state index < -0.39 is 21.7 Å². The molecule has 0 spiro atoms. The molecule has 1 aromatic carbocycles. The fraction of sp³-hybridized carbons (Fsp3) is 0.533. The van der Waals surface area contributed by atoms with Gasteiger partial charge in [-0.1, -0.05) is 12.1 Å². The minimum atomic E-state index is -3.04. The van der Waals surface area contributed by atoms with E-state index in [1.165, 1.54) is 7.11 Å². The smallest absolute Gasteiger partial charge is 0.312 e. The van der Waals surface area contributed by atoms with Crippen molar-refractivity contribution in [3.05, 3.63) is 29.8 Å². The van der Waals surface area contributed by atoms with Crippen molar-refractivity contribution < 1.29 is 22.7 Å². The zero-order chi connectivity index (χ0) is 15.5. The van der Waals surface area contributed by atoms with Crippen LogP contribution < -0.4 is 4.74 Å². The fourth-order valence-corrected chi connectivity index (χ4v) is 4.46. The van der Waals surface area contributed by atoms with Gasteiger partial charge in [0.05, 0.1) is 24.5 Å². The highest BCUT2D eigenvalue weighted by Gasteiger charge is 2.38. The van der Waals surface area contributed by atoms with Crippen molar-refractivity contribution in [2.45, 2.75) is 13.3 Å². The van der Waals surface area contributed by atoms with Crippen LogP contribution in [-0.4, -0.2) is 39.6 Å². The number of benzene rings is 1. The lowest BCUT2D eigenvalue weighted by Gasteiger charge is -2.20. The summed E-state index contributed by atoms with van der Waals surface area (Å²) in [5.41, 5.74) is 1.06. The number of ether oxygens (including phenoxy) is 2. The molecule has 0 aromatic heterocycles. The molecule has 116 valence electrons. The maximum atomic E-state index is 11.9. The van der Waals surface area contributed by atoms with Gasteiger partial charge in [0.25, 0.3) is 0 Å². The van der Waals surface area contributed by atoms with Crippen molar-refractivity contribution in [3.63, 3.8) is 0 Å². The Morgan fingerprint density at radius 1 is 1.43 bits per heavy atom. The van der Waals surface area contributed by atoms with Crippen LogP contribution in [0.1, 0.15) is 12.0 Å². The largest absolute Gasteiger partial charge is 0.493 e. The van der Waals surface area contributed by atoms with Crippen molar-refractivity contribution in [2.75, 3.05) is 25.2 Å². The highest BCUT2D eigenvalue weighted by Crippen LogP contribution is 2.28. The summed E-state index contributed by atoms with van der Waals surface area (Å²) in [5.74, 6) is -0.353. The Labute approximate surface area is 125 Å². The number of esters is 1. The predicted octanol–water partition coefficient (Wildman–Crippen LogP) is 1.60. The maximum absolute atomic E-state index is 11.9. The number of carbonyl (C=O) groups is 1. The van der Waals surface area contributed by atoms with E-state index in [1.54, 1.807) is 0 Å².